The summed E-state index contributed by atoms with van der Waals surface area (Å²) in [6.45, 7) is 1.87. The molecule has 3 nitrogen and oxygen atoms in total. The number of hydrogen-bond acceptors (Lipinski definition) is 2. The van der Waals surface area contributed by atoms with Gasteiger partial charge in [-0.1, -0.05) is 23.7 Å². The van der Waals surface area contributed by atoms with Gasteiger partial charge in [0.25, 0.3) is 0 Å². The molecule has 0 radical (unpaired) electrons. The minimum Gasteiger partial charge on any atom is -0.292 e. The molecular weight excluding hydrogens is 236 g/mol. The molecule has 2 aromatic rings. The SMILES string of the molecule is Cc1cc(C(=O)Cc2ccc(Cl)cc2)n(C)n1. The van der Waals surface area contributed by atoms with Crippen molar-refractivity contribution in [3.63, 3.8) is 0 Å². The van der Waals surface area contributed by atoms with Crippen molar-refractivity contribution in [2.45, 2.75) is 13.3 Å². The summed E-state index contributed by atoms with van der Waals surface area (Å²) in [5.74, 6) is 0.0652. The van der Waals surface area contributed by atoms with Crippen molar-refractivity contribution >= 4 is 17.4 Å². The van der Waals surface area contributed by atoms with Crippen molar-refractivity contribution in [3.8, 4) is 0 Å². The summed E-state index contributed by atoms with van der Waals surface area (Å²) in [5.41, 5.74) is 2.45. The van der Waals surface area contributed by atoms with Crippen LogP contribution in [0.3, 0.4) is 0 Å². The molecule has 0 aliphatic heterocycles. The lowest BCUT2D eigenvalue weighted by Crippen LogP contribution is -2.09. The van der Waals surface area contributed by atoms with Gasteiger partial charge in [-0.3, -0.25) is 9.48 Å². The highest BCUT2D eigenvalue weighted by Crippen LogP contribution is 2.12. The van der Waals surface area contributed by atoms with E-state index in [-0.39, 0.29) is 5.78 Å². The molecule has 0 aliphatic rings. The van der Waals surface area contributed by atoms with E-state index in [1.165, 1.54) is 0 Å². The van der Waals surface area contributed by atoms with Crippen LogP contribution in [0.4, 0.5) is 0 Å². The number of nitrogens with zero attached hydrogens (tertiary/aromatic N) is 2. The van der Waals surface area contributed by atoms with E-state index in [9.17, 15) is 4.79 Å². The monoisotopic (exact) mass is 248 g/mol. The summed E-state index contributed by atoms with van der Waals surface area (Å²) in [6, 6.07) is 9.11. The maximum Gasteiger partial charge on any atom is 0.185 e. The molecule has 0 aliphatic carbocycles. The third-order valence-corrected chi connectivity index (χ3v) is 2.82. The third kappa shape index (κ3) is 2.74. The van der Waals surface area contributed by atoms with Gasteiger partial charge in [-0.15, -0.1) is 0 Å². The number of hydrogen-bond donors (Lipinski definition) is 0. The second-order valence-corrected chi connectivity index (χ2v) is 4.46. The van der Waals surface area contributed by atoms with Gasteiger partial charge >= 0.3 is 0 Å². The summed E-state index contributed by atoms with van der Waals surface area (Å²) in [4.78, 5) is 12.0. The third-order valence-electron chi connectivity index (χ3n) is 2.57. The van der Waals surface area contributed by atoms with E-state index in [2.05, 4.69) is 5.10 Å². The van der Waals surface area contributed by atoms with Crippen LogP contribution in [0, 0.1) is 6.92 Å². The molecule has 2 rings (SSSR count). The number of aromatic nitrogens is 2. The Kier molecular flexibility index (Phi) is 3.29. The first-order valence-electron chi connectivity index (χ1n) is 5.34. The molecule has 0 saturated heterocycles. The van der Waals surface area contributed by atoms with Crippen molar-refractivity contribution in [1.29, 1.82) is 0 Å². The molecule has 0 unspecified atom stereocenters. The first kappa shape index (κ1) is 11.9. The number of ketones is 1. The van der Waals surface area contributed by atoms with Crippen LogP contribution in [0.25, 0.3) is 0 Å². The number of benzene rings is 1. The van der Waals surface area contributed by atoms with E-state index in [0.717, 1.165) is 11.3 Å². The summed E-state index contributed by atoms with van der Waals surface area (Å²) in [7, 11) is 1.78. The van der Waals surface area contributed by atoms with Gasteiger partial charge in [0.2, 0.25) is 0 Å². The van der Waals surface area contributed by atoms with Gasteiger partial charge in [0.1, 0.15) is 5.69 Å². The van der Waals surface area contributed by atoms with Crippen molar-refractivity contribution in [1.82, 2.24) is 9.78 Å². The normalized spacial score (nSPS) is 10.5. The van der Waals surface area contributed by atoms with Crippen molar-refractivity contribution in [3.05, 3.63) is 52.3 Å². The van der Waals surface area contributed by atoms with Crippen LogP contribution >= 0.6 is 11.6 Å². The molecule has 0 atom stereocenters. The molecule has 0 amide bonds. The van der Waals surface area contributed by atoms with Crippen LogP contribution in [0.1, 0.15) is 21.7 Å². The maximum absolute atomic E-state index is 12.0. The van der Waals surface area contributed by atoms with Gasteiger partial charge in [0.15, 0.2) is 5.78 Å². The molecule has 0 spiro atoms. The Hall–Kier alpha value is -1.61. The Labute approximate surface area is 105 Å². The Bertz CT molecular complexity index is 543. The van der Waals surface area contributed by atoms with Gasteiger partial charge in [-0.05, 0) is 30.7 Å². The van der Waals surface area contributed by atoms with E-state index < -0.39 is 0 Å². The summed E-state index contributed by atoms with van der Waals surface area (Å²) in [6.07, 6.45) is 0.371. The number of rotatable bonds is 3. The van der Waals surface area contributed by atoms with Crippen molar-refractivity contribution < 1.29 is 4.79 Å². The minimum atomic E-state index is 0.0652. The van der Waals surface area contributed by atoms with E-state index in [4.69, 9.17) is 11.6 Å². The van der Waals surface area contributed by atoms with E-state index in [0.29, 0.717) is 17.1 Å². The lowest BCUT2D eigenvalue weighted by molar-refractivity contribution is 0.0984. The molecule has 0 saturated carbocycles. The molecule has 0 bridgehead atoms. The van der Waals surface area contributed by atoms with Gasteiger partial charge < -0.3 is 0 Å². The molecule has 4 heteroatoms. The van der Waals surface area contributed by atoms with Gasteiger partial charge in [-0.25, -0.2) is 0 Å². The van der Waals surface area contributed by atoms with E-state index in [1.54, 1.807) is 29.9 Å². The van der Waals surface area contributed by atoms with Gasteiger partial charge in [0, 0.05) is 18.5 Å². The molecule has 0 fully saturated rings. The van der Waals surface area contributed by atoms with Crippen LogP contribution in [0.2, 0.25) is 5.02 Å². The van der Waals surface area contributed by atoms with Crippen LogP contribution in [0.15, 0.2) is 30.3 Å². The summed E-state index contributed by atoms with van der Waals surface area (Å²) in [5, 5.41) is 4.84. The Morgan fingerprint density at radius 2 is 2.00 bits per heavy atom. The highest BCUT2D eigenvalue weighted by atomic mass is 35.5. The zero-order chi connectivity index (χ0) is 12.4. The number of Topliss-reactive ketones (excluding diaryl/α,β-unsaturated/α-hetero) is 1. The standard InChI is InChI=1S/C13H13ClN2O/c1-9-7-12(16(2)15-9)13(17)8-10-3-5-11(14)6-4-10/h3-7H,8H2,1-2H3. The topological polar surface area (TPSA) is 34.9 Å². The zero-order valence-corrected chi connectivity index (χ0v) is 10.5. The summed E-state index contributed by atoms with van der Waals surface area (Å²) >= 11 is 5.79. The van der Waals surface area contributed by atoms with Crippen LogP contribution in [-0.4, -0.2) is 15.6 Å². The number of halogens is 1. The average molecular weight is 249 g/mol. The summed E-state index contributed by atoms with van der Waals surface area (Å²) < 4.78 is 1.62. The Balaban J connectivity index is 2.17. The predicted octanol–water partition coefficient (Wildman–Crippen LogP) is 2.81. The van der Waals surface area contributed by atoms with Gasteiger partial charge in [0.05, 0.1) is 5.69 Å². The lowest BCUT2D eigenvalue weighted by Gasteiger charge is -2.01. The highest BCUT2D eigenvalue weighted by molar-refractivity contribution is 6.30. The number of aryl methyl sites for hydroxylation is 2. The molecule has 1 aromatic heterocycles. The Morgan fingerprint density at radius 1 is 1.35 bits per heavy atom. The molecule has 88 valence electrons. The number of carbonyl (C=O) groups excluding carboxylic acids is 1. The largest absolute Gasteiger partial charge is 0.292 e. The fraction of sp³-hybridized carbons (Fsp3) is 0.231. The van der Waals surface area contributed by atoms with E-state index in [1.807, 2.05) is 19.1 Å². The fourth-order valence-electron chi connectivity index (χ4n) is 1.75. The highest BCUT2D eigenvalue weighted by Gasteiger charge is 2.12. The molecule has 1 aromatic carbocycles. The Morgan fingerprint density at radius 3 is 2.53 bits per heavy atom. The smallest absolute Gasteiger partial charge is 0.185 e. The second-order valence-electron chi connectivity index (χ2n) is 4.02. The van der Waals surface area contributed by atoms with Crippen LogP contribution < -0.4 is 0 Å². The molecular formula is C13H13ClN2O. The minimum absolute atomic E-state index is 0.0652. The first-order valence-corrected chi connectivity index (χ1v) is 5.72. The van der Waals surface area contributed by atoms with Gasteiger partial charge in [-0.2, -0.15) is 5.10 Å². The van der Waals surface area contributed by atoms with E-state index >= 15 is 0 Å². The van der Waals surface area contributed by atoms with Crippen LogP contribution in [0.5, 0.6) is 0 Å². The van der Waals surface area contributed by atoms with Crippen molar-refractivity contribution in [2.24, 2.45) is 7.05 Å². The van der Waals surface area contributed by atoms with Crippen LogP contribution in [-0.2, 0) is 13.5 Å². The van der Waals surface area contributed by atoms with Crippen molar-refractivity contribution in [2.75, 3.05) is 0 Å². The quantitative estimate of drug-likeness (QED) is 0.783. The molecule has 17 heavy (non-hydrogen) atoms. The maximum atomic E-state index is 12.0. The zero-order valence-electron chi connectivity index (χ0n) is 9.77. The second kappa shape index (κ2) is 4.72. The number of carbonyl (C=O) groups is 1. The predicted molar refractivity (Wildman–Crippen MR) is 67.4 cm³/mol. The fourth-order valence-corrected chi connectivity index (χ4v) is 1.88. The lowest BCUT2D eigenvalue weighted by atomic mass is 10.1. The first-order chi connectivity index (χ1) is 8.06. The average Bonchev–Trinajstić information content (AvgIpc) is 2.61. The molecule has 0 N–H and O–H groups in total. The molecule has 1 heterocycles.